The number of likely N-dealkylation sites (tertiary alicyclic amines) is 1. The number of hydrogen-bond acceptors (Lipinski definition) is 6. The molecule has 3 aromatic rings. The summed E-state index contributed by atoms with van der Waals surface area (Å²) in [6.07, 6.45) is 2.38. The number of aryl methyl sites for hydroxylation is 1. The lowest BCUT2D eigenvalue weighted by molar-refractivity contribution is -0.386. The van der Waals surface area contributed by atoms with E-state index in [-0.39, 0.29) is 17.7 Å². The fraction of sp³-hybridized carbons (Fsp3) is 0.375. The number of fused-ring (bicyclic) bond motifs is 7. The number of nitrogens with zero attached hydrogens (tertiary/aromatic N) is 4. The summed E-state index contributed by atoms with van der Waals surface area (Å²) >= 11 is 0. The monoisotopic (exact) mass is 461 g/mol. The van der Waals surface area contributed by atoms with E-state index in [1.807, 2.05) is 23.1 Å². The lowest BCUT2D eigenvalue weighted by Gasteiger charge is -2.42. The minimum absolute atomic E-state index is 0.0307. The molecule has 0 radical (unpaired) electrons. The third kappa shape index (κ3) is 3.05. The number of aromatic nitrogens is 3. The lowest BCUT2D eigenvalue weighted by Crippen LogP contribution is -2.49. The second-order valence-corrected chi connectivity index (χ2v) is 9.27. The van der Waals surface area contributed by atoms with Crippen LogP contribution < -0.4 is 10.3 Å². The van der Waals surface area contributed by atoms with Crippen LogP contribution in [0.4, 0.5) is 5.69 Å². The summed E-state index contributed by atoms with van der Waals surface area (Å²) in [5, 5.41) is 18.7. The van der Waals surface area contributed by atoms with Gasteiger partial charge in [0.1, 0.15) is 11.4 Å². The Morgan fingerprint density at radius 1 is 1.21 bits per heavy atom. The smallest absolute Gasteiger partial charge is 0.334 e. The van der Waals surface area contributed by atoms with Crippen LogP contribution in [0.2, 0.25) is 0 Å². The standard InChI is InChI=1S/C24H23N5O5/c1-34-16-3-5-17-14(9-16)2-4-18-21(17)25-26-22(18)24(31)27-10-13-8-15(12-27)19-6-7-20(29(32)33)23(30)28(19)11-13/h3,5-7,9,13,15H,2,4,8,10-12H2,1H3,(H,25,26)/t13-,15+/m1/s1. The molecule has 0 spiro atoms. The number of benzene rings is 1. The van der Waals surface area contributed by atoms with Crippen molar-refractivity contribution in [3.63, 3.8) is 0 Å². The zero-order valence-corrected chi connectivity index (χ0v) is 18.6. The maximum absolute atomic E-state index is 13.6. The van der Waals surface area contributed by atoms with E-state index >= 15 is 0 Å². The Labute approximate surface area is 194 Å². The highest BCUT2D eigenvalue weighted by molar-refractivity contribution is 5.96. The molecule has 2 aromatic heterocycles. The van der Waals surface area contributed by atoms with E-state index in [2.05, 4.69) is 10.2 Å². The van der Waals surface area contributed by atoms with Gasteiger partial charge in [-0.2, -0.15) is 5.10 Å². The summed E-state index contributed by atoms with van der Waals surface area (Å²) < 4.78 is 6.86. The zero-order valence-electron chi connectivity index (χ0n) is 18.6. The number of piperidine rings is 1. The van der Waals surface area contributed by atoms with E-state index in [1.54, 1.807) is 13.2 Å². The van der Waals surface area contributed by atoms with Gasteiger partial charge in [0.15, 0.2) is 0 Å². The van der Waals surface area contributed by atoms with Crippen molar-refractivity contribution in [2.75, 3.05) is 20.2 Å². The molecule has 4 heterocycles. The van der Waals surface area contributed by atoms with Crippen molar-refractivity contribution in [1.82, 2.24) is 19.7 Å². The number of amides is 1. The Morgan fingerprint density at radius 3 is 2.85 bits per heavy atom. The first-order valence-electron chi connectivity index (χ1n) is 11.4. The molecule has 1 amide bonds. The first kappa shape index (κ1) is 20.6. The number of pyridine rings is 1. The third-order valence-corrected chi connectivity index (χ3v) is 7.36. The number of methoxy groups -OCH3 is 1. The molecule has 6 rings (SSSR count). The molecule has 0 saturated carbocycles. The molecule has 0 unspecified atom stereocenters. The molecule has 174 valence electrons. The van der Waals surface area contributed by atoms with E-state index in [0.29, 0.717) is 25.3 Å². The second-order valence-electron chi connectivity index (χ2n) is 9.27. The number of aromatic amines is 1. The van der Waals surface area contributed by atoms with Gasteiger partial charge in [-0.25, -0.2) is 0 Å². The van der Waals surface area contributed by atoms with Gasteiger partial charge in [0.25, 0.3) is 5.91 Å². The number of H-pyrrole nitrogens is 1. The Bertz CT molecular complexity index is 1410. The van der Waals surface area contributed by atoms with Gasteiger partial charge in [0.05, 0.1) is 17.7 Å². The van der Waals surface area contributed by atoms with Crippen molar-refractivity contribution in [3.05, 3.63) is 73.3 Å². The quantitative estimate of drug-likeness (QED) is 0.472. The molecule has 1 aliphatic carbocycles. The number of carbonyl (C=O) groups excluding carboxylic acids is 1. The van der Waals surface area contributed by atoms with Crippen LogP contribution in [0.25, 0.3) is 11.3 Å². The number of hydrogen-bond donors (Lipinski definition) is 1. The minimum atomic E-state index is -0.633. The van der Waals surface area contributed by atoms with E-state index in [1.165, 1.54) is 10.6 Å². The predicted molar refractivity (Wildman–Crippen MR) is 122 cm³/mol. The van der Waals surface area contributed by atoms with Gasteiger partial charge in [-0.3, -0.25) is 24.8 Å². The maximum atomic E-state index is 13.6. The summed E-state index contributed by atoms with van der Waals surface area (Å²) in [4.78, 5) is 38.6. The molecule has 34 heavy (non-hydrogen) atoms. The molecule has 1 aromatic carbocycles. The van der Waals surface area contributed by atoms with Crippen LogP contribution in [-0.2, 0) is 19.4 Å². The molecule has 3 aliphatic rings. The largest absolute Gasteiger partial charge is 0.497 e. The summed E-state index contributed by atoms with van der Waals surface area (Å²) in [6, 6.07) is 8.86. The van der Waals surface area contributed by atoms with Crippen LogP contribution in [0.3, 0.4) is 0 Å². The predicted octanol–water partition coefficient (Wildman–Crippen LogP) is 2.51. The molecule has 10 heteroatoms. The summed E-state index contributed by atoms with van der Waals surface area (Å²) in [6.45, 7) is 1.35. The van der Waals surface area contributed by atoms with Gasteiger partial charge >= 0.3 is 11.2 Å². The van der Waals surface area contributed by atoms with Gasteiger partial charge in [0.2, 0.25) is 0 Å². The average molecular weight is 461 g/mol. The Morgan fingerprint density at radius 2 is 2.06 bits per heavy atom. The third-order valence-electron chi connectivity index (χ3n) is 7.36. The second kappa shape index (κ2) is 7.54. The first-order chi connectivity index (χ1) is 16.4. The van der Waals surface area contributed by atoms with Gasteiger partial charge in [-0.15, -0.1) is 0 Å². The van der Waals surface area contributed by atoms with E-state index < -0.39 is 16.2 Å². The van der Waals surface area contributed by atoms with Gasteiger partial charge < -0.3 is 14.2 Å². The molecular weight excluding hydrogens is 438 g/mol. The lowest BCUT2D eigenvalue weighted by atomic mass is 9.82. The Balaban J connectivity index is 1.29. The highest BCUT2D eigenvalue weighted by atomic mass is 16.6. The molecular formula is C24H23N5O5. The van der Waals surface area contributed by atoms with Gasteiger partial charge in [-0.05, 0) is 55.0 Å². The fourth-order valence-corrected chi connectivity index (χ4v) is 5.80. The summed E-state index contributed by atoms with van der Waals surface area (Å²) in [5.74, 6) is 0.760. The van der Waals surface area contributed by atoms with Crippen LogP contribution in [0.1, 0.15) is 39.6 Å². The molecule has 2 bridgehead atoms. The minimum Gasteiger partial charge on any atom is -0.497 e. The van der Waals surface area contributed by atoms with Crippen molar-refractivity contribution in [2.24, 2.45) is 5.92 Å². The topological polar surface area (TPSA) is 123 Å². The maximum Gasteiger partial charge on any atom is 0.334 e. The number of nitrogens with one attached hydrogen (secondary N) is 1. The Kier molecular flexibility index (Phi) is 4.58. The molecule has 2 aliphatic heterocycles. The van der Waals surface area contributed by atoms with Crippen molar-refractivity contribution < 1.29 is 14.5 Å². The molecule has 2 atom stereocenters. The summed E-state index contributed by atoms with van der Waals surface area (Å²) in [7, 11) is 1.64. The highest BCUT2D eigenvalue weighted by Gasteiger charge is 2.39. The van der Waals surface area contributed by atoms with Gasteiger partial charge in [-0.1, -0.05) is 0 Å². The van der Waals surface area contributed by atoms with Crippen LogP contribution >= 0.6 is 0 Å². The normalized spacial score (nSPS) is 20.2. The molecule has 1 saturated heterocycles. The van der Waals surface area contributed by atoms with E-state index in [4.69, 9.17) is 4.74 Å². The number of rotatable bonds is 3. The van der Waals surface area contributed by atoms with Crippen LogP contribution in [-0.4, -0.2) is 50.7 Å². The van der Waals surface area contributed by atoms with E-state index in [0.717, 1.165) is 53.1 Å². The summed E-state index contributed by atoms with van der Waals surface area (Å²) in [5.41, 5.74) is 4.24. The van der Waals surface area contributed by atoms with Gasteiger partial charge in [0, 0.05) is 48.4 Å². The fourth-order valence-electron chi connectivity index (χ4n) is 5.80. The first-order valence-corrected chi connectivity index (χ1v) is 11.4. The van der Waals surface area contributed by atoms with Crippen molar-refractivity contribution in [3.8, 4) is 17.0 Å². The van der Waals surface area contributed by atoms with Crippen LogP contribution in [0.15, 0.2) is 35.1 Å². The van der Waals surface area contributed by atoms with Crippen LogP contribution in [0, 0.1) is 16.0 Å². The van der Waals surface area contributed by atoms with Crippen molar-refractivity contribution in [1.29, 1.82) is 0 Å². The number of carbonyl (C=O) groups is 1. The van der Waals surface area contributed by atoms with E-state index in [9.17, 15) is 19.7 Å². The number of ether oxygens (including phenoxy) is 1. The highest BCUT2D eigenvalue weighted by Crippen LogP contribution is 2.38. The van der Waals surface area contributed by atoms with Crippen molar-refractivity contribution in [2.45, 2.75) is 31.7 Å². The van der Waals surface area contributed by atoms with Crippen LogP contribution in [0.5, 0.6) is 5.75 Å². The zero-order chi connectivity index (χ0) is 23.6. The molecule has 1 N–H and O–H groups in total. The Hall–Kier alpha value is -3.95. The van der Waals surface area contributed by atoms with Crippen molar-refractivity contribution >= 4 is 11.6 Å². The average Bonchev–Trinajstić information content (AvgIpc) is 3.28. The SMILES string of the molecule is COc1ccc2c(c1)CCc1c-2n[nH]c1C(=O)N1C[C@H]2C[C@@H](C1)c1ccc([N+](=O)[O-])c(=O)n1C2. The molecule has 10 nitrogen and oxygen atoms in total. The number of nitro groups is 1. The molecule has 1 fully saturated rings.